The fourth-order valence-corrected chi connectivity index (χ4v) is 6.06. The van der Waals surface area contributed by atoms with E-state index in [1.54, 1.807) is 11.3 Å². The monoisotopic (exact) mass is 416 g/mol. The molecule has 30 heavy (non-hydrogen) atoms. The summed E-state index contributed by atoms with van der Waals surface area (Å²) in [6.45, 7) is 6.08. The molecule has 2 fully saturated rings. The smallest absolute Gasteiger partial charge is 0.254 e. The van der Waals surface area contributed by atoms with E-state index in [4.69, 9.17) is 0 Å². The van der Waals surface area contributed by atoms with Gasteiger partial charge in [0.2, 0.25) is 0 Å². The molecule has 0 unspecified atom stereocenters. The van der Waals surface area contributed by atoms with Crippen LogP contribution in [-0.4, -0.2) is 41.4 Å². The molecule has 0 N–H and O–H groups in total. The van der Waals surface area contributed by atoms with Crippen molar-refractivity contribution in [3.8, 4) is 0 Å². The third-order valence-electron chi connectivity index (χ3n) is 6.76. The van der Waals surface area contributed by atoms with Crippen LogP contribution >= 0.6 is 11.3 Å². The molecular weight excluding hydrogens is 388 g/mol. The van der Waals surface area contributed by atoms with Crippen molar-refractivity contribution in [1.82, 2.24) is 9.80 Å². The number of hydrogen-bond donors (Lipinski definition) is 0. The summed E-state index contributed by atoms with van der Waals surface area (Å²) in [5, 5.41) is 4.44. The van der Waals surface area contributed by atoms with Gasteiger partial charge in [-0.05, 0) is 53.4 Å². The molecule has 3 heterocycles. The Kier molecular flexibility index (Phi) is 5.45. The average molecular weight is 417 g/mol. The van der Waals surface area contributed by atoms with E-state index in [1.807, 2.05) is 30.3 Å². The third kappa shape index (κ3) is 3.82. The Hall–Kier alpha value is -2.43. The van der Waals surface area contributed by atoms with Crippen LogP contribution in [0.25, 0.3) is 0 Å². The Balaban J connectivity index is 1.38. The fraction of sp³-hybridized carbons (Fsp3) is 0.346. The van der Waals surface area contributed by atoms with E-state index in [-0.39, 0.29) is 5.91 Å². The lowest BCUT2D eigenvalue weighted by Gasteiger charge is -2.39. The van der Waals surface area contributed by atoms with Crippen molar-refractivity contribution >= 4 is 17.2 Å². The molecular formula is C26H28N2OS. The average Bonchev–Trinajstić information content (AvgIpc) is 3.41. The van der Waals surface area contributed by atoms with Gasteiger partial charge in [-0.25, -0.2) is 0 Å². The second kappa shape index (κ2) is 8.37. The van der Waals surface area contributed by atoms with Crippen LogP contribution in [0.5, 0.6) is 0 Å². The van der Waals surface area contributed by atoms with Gasteiger partial charge in [0.25, 0.3) is 5.91 Å². The van der Waals surface area contributed by atoms with E-state index in [0.717, 1.165) is 38.2 Å². The number of piperidine rings is 1. The zero-order valence-electron chi connectivity index (χ0n) is 17.4. The van der Waals surface area contributed by atoms with Crippen LogP contribution in [0.2, 0.25) is 0 Å². The number of fused-ring (bicyclic) bond motifs is 1. The highest BCUT2D eigenvalue weighted by Gasteiger charge is 2.47. The normalized spacial score (nSPS) is 24.0. The zero-order valence-corrected chi connectivity index (χ0v) is 18.2. The molecule has 3 nitrogen and oxygen atoms in total. The van der Waals surface area contributed by atoms with Crippen molar-refractivity contribution in [2.24, 2.45) is 5.92 Å². The van der Waals surface area contributed by atoms with Crippen molar-refractivity contribution in [3.05, 3.63) is 93.7 Å². The summed E-state index contributed by atoms with van der Waals surface area (Å²) in [5.74, 6) is 1.11. The summed E-state index contributed by atoms with van der Waals surface area (Å²) in [7, 11) is 0. The van der Waals surface area contributed by atoms with Gasteiger partial charge in [-0.2, -0.15) is 11.3 Å². The quantitative estimate of drug-likeness (QED) is 0.585. The molecule has 1 amide bonds. The largest absolute Gasteiger partial charge is 0.335 e. The van der Waals surface area contributed by atoms with E-state index in [9.17, 15) is 4.79 Å². The molecule has 2 aliphatic heterocycles. The minimum Gasteiger partial charge on any atom is -0.335 e. The Morgan fingerprint density at radius 3 is 2.70 bits per heavy atom. The van der Waals surface area contributed by atoms with Crippen molar-refractivity contribution in [2.45, 2.75) is 31.8 Å². The minimum absolute atomic E-state index is 0.190. The third-order valence-corrected chi connectivity index (χ3v) is 7.46. The number of aryl methyl sites for hydroxylation is 1. The molecule has 0 bridgehead atoms. The highest BCUT2D eigenvalue weighted by molar-refractivity contribution is 7.08. The molecule has 0 saturated carbocycles. The van der Waals surface area contributed by atoms with E-state index in [2.05, 4.69) is 57.8 Å². The first-order chi connectivity index (χ1) is 14.7. The highest BCUT2D eigenvalue weighted by Crippen LogP contribution is 2.42. The summed E-state index contributed by atoms with van der Waals surface area (Å²) >= 11 is 1.76. The van der Waals surface area contributed by atoms with Gasteiger partial charge < -0.3 is 4.90 Å². The van der Waals surface area contributed by atoms with Gasteiger partial charge in [0.1, 0.15) is 0 Å². The summed E-state index contributed by atoms with van der Waals surface area (Å²) in [5.41, 5.74) is 4.91. The number of thiophene rings is 1. The van der Waals surface area contributed by atoms with Gasteiger partial charge in [0, 0.05) is 49.6 Å². The number of carbonyl (C=O) groups excluding carboxylic acids is 1. The van der Waals surface area contributed by atoms with E-state index in [1.165, 1.54) is 16.7 Å². The second-order valence-electron chi connectivity index (χ2n) is 8.73. The topological polar surface area (TPSA) is 23.6 Å². The molecule has 2 aromatic carbocycles. The summed E-state index contributed by atoms with van der Waals surface area (Å²) in [6.07, 6.45) is 1.05. The van der Waals surface area contributed by atoms with Gasteiger partial charge >= 0.3 is 0 Å². The minimum atomic E-state index is 0.190. The van der Waals surface area contributed by atoms with Crippen molar-refractivity contribution in [2.75, 3.05) is 19.6 Å². The van der Waals surface area contributed by atoms with E-state index < -0.39 is 0 Å². The predicted octanol–water partition coefficient (Wildman–Crippen LogP) is 5.19. The SMILES string of the molecule is Cc1cccc(CN2CC[C@H]3[C@@H](C2)[C@H](c2ccsc2)CN3C(=O)c2ccccc2)c1. The van der Waals surface area contributed by atoms with Crippen LogP contribution in [0.1, 0.15) is 39.4 Å². The number of rotatable bonds is 4. The number of amides is 1. The molecule has 3 aromatic rings. The number of carbonyl (C=O) groups is 1. The predicted molar refractivity (Wildman–Crippen MR) is 123 cm³/mol. The molecule has 0 radical (unpaired) electrons. The second-order valence-corrected chi connectivity index (χ2v) is 9.51. The molecule has 5 rings (SSSR count). The first-order valence-electron chi connectivity index (χ1n) is 10.8. The number of hydrogen-bond acceptors (Lipinski definition) is 3. The van der Waals surface area contributed by atoms with Crippen LogP contribution in [0.3, 0.4) is 0 Å². The highest BCUT2D eigenvalue weighted by atomic mass is 32.1. The molecule has 0 spiro atoms. The summed E-state index contributed by atoms with van der Waals surface area (Å²) in [4.78, 5) is 18.1. The Bertz CT molecular complexity index is 1000. The number of nitrogens with zero attached hydrogens (tertiary/aromatic N) is 2. The molecule has 2 aliphatic rings. The molecule has 0 aliphatic carbocycles. The Morgan fingerprint density at radius 1 is 1.07 bits per heavy atom. The van der Waals surface area contributed by atoms with Gasteiger partial charge in [0.15, 0.2) is 0 Å². The van der Waals surface area contributed by atoms with Gasteiger partial charge in [-0.15, -0.1) is 0 Å². The van der Waals surface area contributed by atoms with Crippen LogP contribution in [0.4, 0.5) is 0 Å². The number of likely N-dealkylation sites (tertiary alicyclic amines) is 2. The molecule has 4 heteroatoms. The first-order valence-corrected chi connectivity index (χ1v) is 11.8. The lowest BCUT2D eigenvalue weighted by atomic mass is 9.82. The van der Waals surface area contributed by atoms with Crippen LogP contribution < -0.4 is 0 Å². The van der Waals surface area contributed by atoms with Gasteiger partial charge in [-0.1, -0.05) is 48.0 Å². The summed E-state index contributed by atoms with van der Waals surface area (Å²) < 4.78 is 0. The van der Waals surface area contributed by atoms with Crippen LogP contribution in [0.15, 0.2) is 71.4 Å². The maximum absolute atomic E-state index is 13.3. The molecule has 154 valence electrons. The van der Waals surface area contributed by atoms with E-state index >= 15 is 0 Å². The standard InChI is InChI=1S/C26H28N2OS/c1-19-6-5-7-20(14-19)15-27-12-10-25-24(16-27)23(22-11-13-30-18-22)17-28(25)26(29)21-8-3-2-4-9-21/h2-9,11,13-14,18,23-25H,10,12,15-17H2,1H3/t23-,24-,25-/m0/s1. The molecule has 2 saturated heterocycles. The maximum atomic E-state index is 13.3. The lowest BCUT2D eigenvalue weighted by molar-refractivity contribution is 0.0614. The van der Waals surface area contributed by atoms with Crippen molar-refractivity contribution < 1.29 is 4.79 Å². The summed E-state index contributed by atoms with van der Waals surface area (Å²) in [6, 6.07) is 21.2. The van der Waals surface area contributed by atoms with Crippen LogP contribution in [-0.2, 0) is 6.54 Å². The maximum Gasteiger partial charge on any atom is 0.254 e. The Labute approximate surface area is 183 Å². The first kappa shape index (κ1) is 19.5. The van der Waals surface area contributed by atoms with Crippen molar-refractivity contribution in [1.29, 1.82) is 0 Å². The van der Waals surface area contributed by atoms with Crippen molar-refractivity contribution in [3.63, 3.8) is 0 Å². The fourth-order valence-electron chi connectivity index (χ4n) is 5.34. The van der Waals surface area contributed by atoms with E-state index in [0.29, 0.717) is 17.9 Å². The van der Waals surface area contributed by atoms with Gasteiger partial charge in [-0.3, -0.25) is 9.69 Å². The lowest BCUT2D eigenvalue weighted by Crippen LogP contribution is -2.47. The molecule has 3 atom stereocenters. The van der Waals surface area contributed by atoms with Gasteiger partial charge in [0.05, 0.1) is 0 Å². The zero-order chi connectivity index (χ0) is 20.5. The Morgan fingerprint density at radius 2 is 1.93 bits per heavy atom. The van der Waals surface area contributed by atoms with Crippen LogP contribution in [0, 0.1) is 12.8 Å². The number of benzene rings is 2. The molecule has 1 aromatic heterocycles.